The zero-order valence-electron chi connectivity index (χ0n) is 11.0. The lowest BCUT2D eigenvalue weighted by Gasteiger charge is -2.41. The van der Waals surface area contributed by atoms with Crippen LogP contribution in [0.4, 0.5) is 0 Å². The van der Waals surface area contributed by atoms with Gasteiger partial charge in [0.2, 0.25) is 0 Å². The Morgan fingerprint density at radius 2 is 1.88 bits per heavy atom. The van der Waals surface area contributed by atoms with E-state index >= 15 is 0 Å². The molecule has 94 valence electrons. The van der Waals surface area contributed by atoms with Crippen molar-refractivity contribution in [2.75, 3.05) is 7.05 Å². The van der Waals surface area contributed by atoms with E-state index in [2.05, 4.69) is 26.2 Å². The molecule has 0 aromatic carbocycles. The quantitative estimate of drug-likeness (QED) is 0.794. The van der Waals surface area contributed by atoms with Crippen molar-refractivity contribution in [2.24, 2.45) is 11.8 Å². The van der Waals surface area contributed by atoms with Gasteiger partial charge < -0.3 is 10.1 Å². The molecular weight excluding hydrogens is 198 g/mol. The summed E-state index contributed by atoms with van der Waals surface area (Å²) in [5.74, 6) is 1.68. The molecule has 0 heterocycles. The van der Waals surface area contributed by atoms with Crippen LogP contribution in [-0.4, -0.2) is 25.3 Å². The minimum atomic E-state index is 0.469. The van der Waals surface area contributed by atoms with Gasteiger partial charge in [0.1, 0.15) is 0 Å². The van der Waals surface area contributed by atoms with Crippen LogP contribution in [0.1, 0.15) is 52.4 Å². The van der Waals surface area contributed by atoms with Gasteiger partial charge in [-0.3, -0.25) is 0 Å². The highest BCUT2D eigenvalue weighted by molar-refractivity contribution is 4.87. The lowest BCUT2D eigenvalue weighted by molar-refractivity contribution is -0.0886. The first-order valence-electron chi connectivity index (χ1n) is 7.03. The van der Waals surface area contributed by atoms with Gasteiger partial charge in [0.05, 0.1) is 12.2 Å². The monoisotopic (exact) mass is 225 g/mol. The van der Waals surface area contributed by atoms with Gasteiger partial charge in [0, 0.05) is 6.04 Å². The van der Waals surface area contributed by atoms with E-state index in [1.54, 1.807) is 0 Å². The van der Waals surface area contributed by atoms with Crippen LogP contribution < -0.4 is 5.32 Å². The van der Waals surface area contributed by atoms with Crippen molar-refractivity contribution in [1.29, 1.82) is 0 Å². The fourth-order valence-electron chi connectivity index (χ4n) is 3.00. The number of hydrogen-bond acceptors (Lipinski definition) is 2. The minimum Gasteiger partial charge on any atom is -0.373 e. The first kappa shape index (κ1) is 12.4. The highest BCUT2D eigenvalue weighted by Crippen LogP contribution is 2.34. The van der Waals surface area contributed by atoms with Crippen molar-refractivity contribution in [3.8, 4) is 0 Å². The third kappa shape index (κ3) is 2.78. The summed E-state index contributed by atoms with van der Waals surface area (Å²) in [5, 5.41) is 3.44. The van der Waals surface area contributed by atoms with Gasteiger partial charge in [-0.25, -0.2) is 0 Å². The molecule has 0 aromatic heterocycles. The van der Waals surface area contributed by atoms with Gasteiger partial charge >= 0.3 is 0 Å². The van der Waals surface area contributed by atoms with Crippen LogP contribution in [0.3, 0.4) is 0 Å². The number of likely N-dealkylation sites (N-methyl/N-ethyl adjacent to an activating group) is 1. The molecule has 0 aromatic rings. The Bertz CT molecular complexity index is 213. The summed E-state index contributed by atoms with van der Waals surface area (Å²) in [4.78, 5) is 0. The lowest BCUT2D eigenvalue weighted by Crippen LogP contribution is -2.47. The molecule has 2 nitrogen and oxygen atoms in total. The molecule has 0 saturated heterocycles. The Morgan fingerprint density at radius 1 is 1.12 bits per heavy atom. The Labute approximate surface area is 100 Å². The molecule has 3 atom stereocenters. The Morgan fingerprint density at radius 3 is 2.38 bits per heavy atom. The van der Waals surface area contributed by atoms with Crippen molar-refractivity contribution in [3.05, 3.63) is 0 Å². The average molecular weight is 225 g/mol. The molecule has 2 aliphatic rings. The van der Waals surface area contributed by atoms with Crippen LogP contribution >= 0.6 is 0 Å². The fourth-order valence-corrected chi connectivity index (χ4v) is 3.00. The summed E-state index contributed by atoms with van der Waals surface area (Å²) in [6.07, 6.45) is 8.92. The average Bonchev–Trinajstić information content (AvgIpc) is 2.23. The second-order valence-corrected chi connectivity index (χ2v) is 5.94. The Balaban J connectivity index is 1.88. The molecule has 2 rings (SSSR count). The standard InChI is InChI=1S/C14H27NO/c1-10(2)11-7-8-13(15-3)14(9-11)16-12-5-4-6-12/h10-15H,4-9H2,1-3H3. The van der Waals surface area contributed by atoms with Crippen molar-refractivity contribution in [1.82, 2.24) is 5.32 Å². The molecule has 0 spiro atoms. The molecule has 2 heteroatoms. The summed E-state index contributed by atoms with van der Waals surface area (Å²) >= 11 is 0. The van der Waals surface area contributed by atoms with Crippen LogP contribution in [0.25, 0.3) is 0 Å². The van der Waals surface area contributed by atoms with E-state index < -0.39 is 0 Å². The van der Waals surface area contributed by atoms with Crippen LogP contribution in [0.2, 0.25) is 0 Å². The van der Waals surface area contributed by atoms with Crippen molar-refractivity contribution >= 4 is 0 Å². The van der Waals surface area contributed by atoms with Crippen molar-refractivity contribution < 1.29 is 4.74 Å². The smallest absolute Gasteiger partial charge is 0.0734 e. The largest absolute Gasteiger partial charge is 0.373 e. The third-order valence-corrected chi connectivity index (χ3v) is 4.57. The highest BCUT2D eigenvalue weighted by Gasteiger charge is 2.34. The van der Waals surface area contributed by atoms with Gasteiger partial charge in [0.15, 0.2) is 0 Å². The maximum absolute atomic E-state index is 6.25. The van der Waals surface area contributed by atoms with Crippen molar-refractivity contribution in [2.45, 2.75) is 70.6 Å². The van der Waals surface area contributed by atoms with Crippen LogP contribution in [0.15, 0.2) is 0 Å². The summed E-state index contributed by atoms with van der Waals surface area (Å²) in [6.45, 7) is 4.70. The summed E-state index contributed by atoms with van der Waals surface area (Å²) < 4.78 is 6.25. The Kier molecular flexibility index (Phi) is 4.26. The number of nitrogens with one attached hydrogen (secondary N) is 1. The van der Waals surface area contributed by atoms with Gasteiger partial charge in [-0.15, -0.1) is 0 Å². The van der Waals surface area contributed by atoms with Gasteiger partial charge in [-0.1, -0.05) is 13.8 Å². The molecule has 2 fully saturated rings. The van der Waals surface area contributed by atoms with E-state index in [-0.39, 0.29) is 0 Å². The van der Waals surface area contributed by atoms with Crippen LogP contribution in [-0.2, 0) is 4.74 Å². The number of hydrogen-bond donors (Lipinski definition) is 1. The summed E-state index contributed by atoms with van der Waals surface area (Å²) in [7, 11) is 2.08. The molecule has 3 unspecified atom stereocenters. The second kappa shape index (κ2) is 5.50. The van der Waals surface area contributed by atoms with E-state index in [1.807, 2.05) is 0 Å². The minimum absolute atomic E-state index is 0.469. The predicted molar refractivity (Wildman–Crippen MR) is 67.5 cm³/mol. The van der Waals surface area contributed by atoms with Gasteiger partial charge in [0.25, 0.3) is 0 Å². The third-order valence-electron chi connectivity index (χ3n) is 4.57. The normalized spacial score (nSPS) is 36.4. The van der Waals surface area contributed by atoms with Crippen molar-refractivity contribution in [3.63, 3.8) is 0 Å². The van der Waals surface area contributed by atoms with Crippen LogP contribution in [0.5, 0.6) is 0 Å². The zero-order chi connectivity index (χ0) is 11.5. The number of rotatable bonds is 4. The number of ether oxygens (including phenoxy) is 1. The maximum atomic E-state index is 6.25. The zero-order valence-corrected chi connectivity index (χ0v) is 11.0. The summed E-state index contributed by atoms with van der Waals surface area (Å²) in [5.41, 5.74) is 0. The Hall–Kier alpha value is -0.0800. The molecule has 0 amide bonds. The molecule has 0 radical (unpaired) electrons. The molecule has 16 heavy (non-hydrogen) atoms. The van der Waals surface area contributed by atoms with E-state index in [0.717, 1.165) is 11.8 Å². The van der Waals surface area contributed by atoms with Gasteiger partial charge in [-0.05, 0) is 57.4 Å². The molecule has 0 bridgehead atoms. The molecule has 2 saturated carbocycles. The molecule has 1 N–H and O–H groups in total. The summed E-state index contributed by atoms with van der Waals surface area (Å²) in [6, 6.07) is 0.593. The second-order valence-electron chi connectivity index (χ2n) is 5.94. The maximum Gasteiger partial charge on any atom is 0.0734 e. The SMILES string of the molecule is CNC1CCC(C(C)C)CC1OC1CCC1. The van der Waals surface area contributed by atoms with Gasteiger partial charge in [-0.2, -0.15) is 0 Å². The van der Waals surface area contributed by atoms with E-state index in [1.165, 1.54) is 38.5 Å². The predicted octanol–water partition coefficient (Wildman–Crippen LogP) is 2.97. The highest BCUT2D eigenvalue weighted by atomic mass is 16.5. The first-order valence-corrected chi connectivity index (χ1v) is 7.03. The van der Waals surface area contributed by atoms with E-state index in [4.69, 9.17) is 4.74 Å². The topological polar surface area (TPSA) is 21.3 Å². The fraction of sp³-hybridized carbons (Fsp3) is 1.00. The lowest BCUT2D eigenvalue weighted by atomic mass is 9.78. The molecule has 0 aliphatic heterocycles. The first-order chi connectivity index (χ1) is 7.70. The molecular formula is C14H27NO. The van der Waals surface area contributed by atoms with E-state index in [0.29, 0.717) is 18.2 Å². The molecule has 2 aliphatic carbocycles. The van der Waals surface area contributed by atoms with Crippen LogP contribution in [0, 0.1) is 11.8 Å². The van der Waals surface area contributed by atoms with E-state index in [9.17, 15) is 0 Å².